The average Bonchev–Trinajstić information content (AvgIpc) is 2.67. The second kappa shape index (κ2) is 9.12. The molecule has 0 amide bonds. The van der Waals surface area contributed by atoms with Crippen LogP contribution in [0.2, 0.25) is 0 Å². The van der Waals surface area contributed by atoms with Gasteiger partial charge in [0.25, 0.3) is 0 Å². The second-order valence-corrected chi connectivity index (χ2v) is 6.08. The molecule has 0 radical (unpaired) electrons. The minimum absolute atomic E-state index is 0.0880. The lowest BCUT2D eigenvalue weighted by Crippen LogP contribution is -2.25. The number of phenolic OH excluding ortho intramolecular Hbond substituents is 1. The highest BCUT2D eigenvalue weighted by Crippen LogP contribution is 2.45. The molecule has 1 unspecified atom stereocenters. The zero-order valence-corrected chi connectivity index (χ0v) is 16.6. The molecule has 0 saturated carbocycles. The molecule has 0 aliphatic carbocycles. The largest absolute Gasteiger partial charge is 0.507 e. The SMILES string of the molecule is CCOC(C)O[C@@H](C)[C@@H](O)c1cc(OC)c2c(OC)cc(OC)cc2c1O. The van der Waals surface area contributed by atoms with Crippen molar-refractivity contribution in [1.29, 1.82) is 0 Å². The highest BCUT2D eigenvalue weighted by atomic mass is 16.7. The minimum Gasteiger partial charge on any atom is -0.507 e. The molecule has 0 heterocycles. The maximum Gasteiger partial charge on any atom is 0.155 e. The summed E-state index contributed by atoms with van der Waals surface area (Å²) in [5, 5.41) is 22.7. The third-order valence-corrected chi connectivity index (χ3v) is 4.38. The number of hydrogen-bond acceptors (Lipinski definition) is 7. The Morgan fingerprint density at radius 3 is 2.15 bits per heavy atom. The van der Waals surface area contributed by atoms with E-state index in [-0.39, 0.29) is 11.3 Å². The summed E-state index contributed by atoms with van der Waals surface area (Å²) in [6.07, 6.45) is -2.19. The van der Waals surface area contributed by atoms with Crippen LogP contribution in [-0.4, -0.2) is 50.5 Å². The van der Waals surface area contributed by atoms with Gasteiger partial charge in [-0.2, -0.15) is 0 Å². The van der Waals surface area contributed by atoms with Crippen LogP contribution in [-0.2, 0) is 9.47 Å². The van der Waals surface area contributed by atoms with Crippen molar-refractivity contribution >= 4 is 10.8 Å². The van der Waals surface area contributed by atoms with Gasteiger partial charge in [0.2, 0.25) is 0 Å². The van der Waals surface area contributed by atoms with Gasteiger partial charge in [0.05, 0.1) is 32.8 Å². The number of aliphatic hydroxyl groups excluding tert-OH is 1. The van der Waals surface area contributed by atoms with Crippen LogP contribution in [0, 0.1) is 0 Å². The highest BCUT2D eigenvalue weighted by Gasteiger charge is 2.26. The number of hydrogen-bond donors (Lipinski definition) is 2. The Morgan fingerprint density at radius 1 is 0.963 bits per heavy atom. The number of fused-ring (bicyclic) bond motifs is 1. The van der Waals surface area contributed by atoms with Gasteiger partial charge in [-0.25, -0.2) is 0 Å². The fourth-order valence-corrected chi connectivity index (χ4v) is 3.04. The molecule has 2 rings (SSSR count). The van der Waals surface area contributed by atoms with E-state index in [0.29, 0.717) is 34.6 Å². The third kappa shape index (κ3) is 4.37. The zero-order valence-electron chi connectivity index (χ0n) is 16.6. The third-order valence-electron chi connectivity index (χ3n) is 4.38. The van der Waals surface area contributed by atoms with Gasteiger partial charge in [-0.05, 0) is 32.9 Å². The van der Waals surface area contributed by atoms with Crippen molar-refractivity contribution in [2.45, 2.75) is 39.3 Å². The van der Waals surface area contributed by atoms with E-state index in [0.717, 1.165) is 0 Å². The van der Waals surface area contributed by atoms with Gasteiger partial charge in [0, 0.05) is 23.6 Å². The molecule has 0 aliphatic rings. The van der Waals surface area contributed by atoms with Gasteiger partial charge in [-0.1, -0.05) is 0 Å². The lowest BCUT2D eigenvalue weighted by molar-refractivity contribution is -0.176. The van der Waals surface area contributed by atoms with Crippen molar-refractivity contribution in [1.82, 2.24) is 0 Å². The molecule has 0 aromatic heterocycles. The Bertz CT molecular complexity index is 775. The van der Waals surface area contributed by atoms with Crippen LogP contribution < -0.4 is 14.2 Å². The molecule has 150 valence electrons. The molecular weight excluding hydrogens is 352 g/mol. The maximum absolute atomic E-state index is 10.9. The quantitative estimate of drug-likeness (QED) is 0.645. The summed E-state index contributed by atoms with van der Waals surface area (Å²) in [7, 11) is 4.57. The predicted octanol–water partition coefficient (Wildman–Crippen LogP) is 3.39. The summed E-state index contributed by atoms with van der Waals surface area (Å²) in [4.78, 5) is 0. The van der Waals surface area contributed by atoms with E-state index >= 15 is 0 Å². The van der Waals surface area contributed by atoms with Crippen LogP contribution in [0.1, 0.15) is 32.4 Å². The Balaban J connectivity index is 2.56. The fourth-order valence-electron chi connectivity index (χ4n) is 3.04. The van der Waals surface area contributed by atoms with Crippen molar-refractivity contribution in [3.63, 3.8) is 0 Å². The minimum atomic E-state index is -1.09. The topological polar surface area (TPSA) is 86.6 Å². The number of rotatable bonds is 9. The van der Waals surface area contributed by atoms with Gasteiger partial charge in [0.15, 0.2) is 6.29 Å². The van der Waals surface area contributed by atoms with Crippen molar-refractivity contribution in [2.75, 3.05) is 27.9 Å². The van der Waals surface area contributed by atoms with Crippen molar-refractivity contribution in [3.8, 4) is 23.0 Å². The molecule has 7 heteroatoms. The first-order valence-corrected chi connectivity index (χ1v) is 8.78. The van der Waals surface area contributed by atoms with Gasteiger partial charge in [-0.15, -0.1) is 0 Å². The van der Waals surface area contributed by atoms with E-state index in [1.54, 1.807) is 32.0 Å². The molecule has 2 aromatic rings. The van der Waals surface area contributed by atoms with E-state index in [1.807, 2.05) is 6.92 Å². The second-order valence-electron chi connectivity index (χ2n) is 6.08. The molecular formula is C20H28O7. The monoisotopic (exact) mass is 380 g/mol. The van der Waals surface area contributed by atoms with Crippen LogP contribution in [0.15, 0.2) is 18.2 Å². The van der Waals surface area contributed by atoms with Crippen molar-refractivity contribution < 1.29 is 33.9 Å². The Labute approximate surface area is 159 Å². The molecule has 0 aliphatic heterocycles. The smallest absolute Gasteiger partial charge is 0.155 e. The molecule has 0 spiro atoms. The number of methoxy groups -OCH3 is 3. The first kappa shape index (κ1) is 21.1. The van der Waals surface area contributed by atoms with Crippen LogP contribution in [0.4, 0.5) is 0 Å². The molecule has 7 nitrogen and oxygen atoms in total. The van der Waals surface area contributed by atoms with E-state index in [9.17, 15) is 10.2 Å². The van der Waals surface area contributed by atoms with Crippen molar-refractivity contribution in [3.05, 3.63) is 23.8 Å². The molecule has 0 bridgehead atoms. The molecule has 27 heavy (non-hydrogen) atoms. The standard InChI is InChI=1S/C20H28O7/c1-7-26-12(3)27-11(2)19(21)15-10-17(25-6)18-14(20(15)22)8-13(23-4)9-16(18)24-5/h8-12,19,21-22H,7H2,1-6H3/t11-,12?,19+/m0/s1. The van der Waals surface area contributed by atoms with E-state index < -0.39 is 18.5 Å². The number of benzene rings is 2. The normalized spacial score (nSPS) is 14.6. The predicted molar refractivity (Wildman–Crippen MR) is 102 cm³/mol. The van der Waals surface area contributed by atoms with Crippen LogP contribution in [0.25, 0.3) is 10.8 Å². The number of aliphatic hydroxyl groups is 1. The maximum atomic E-state index is 10.9. The Morgan fingerprint density at radius 2 is 1.59 bits per heavy atom. The first-order valence-electron chi connectivity index (χ1n) is 8.78. The Hall–Kier alpha value is -2.22. The summed E-state index contributed by atoms with van der Waals surface area (Å²) in [5.41, 5.74) is 0.283. The fraction of sp³-hybridized carbons (Fsp3) is 0.500. The summed E-state index contributed by atoms with van der Waals surface area (Å²) in [6, 6.07) is 4.96. The lowest BCUT2D eigenvalue weighted by Gasteiger charge is -2.25. The Kier molecular flexibility index (Phi) is 7.12. The van der Waals surface area contributed by atoms with E-state index in [1.165, 1.54) is 21.3 Å². The molecule has 2 aromatic carbocycles. The van der Waals surface area contributed by atoms with Crippen molar-refractivity contribution in [2.24, 2.45) is 0 Å². The van der Waals surface area contributed by atoms with Crippen LogP contribution in [0.3, 0.4) is 0 Å². The summed E-state index contributed by atoms with van der Waals surface area (Å²) in [5.74, 6) is 1.38. The van der Waals surface area contributed by atoms with Crippen LogP contribution >= 0.6 is 0 Å². The summed E-state index contributed by atoms with van der Waals surface area (Å²) >= 11 is 0. The van der Waals surface area contributed by atoms with Gasteiger partial charge in [-0.3, -0.25) is 0 Å². The lowest BCUT2D eigenvalue weighted by atomic mass is 9.97. The molecule has 3 atom stereocenters. The van der Waals surface area contributed by atoms with Gasteiger partial charge in [0.1, 0.15) is 29.1 Å². The summed E-state index contributed by atoms with van der Waals surface area (Å²) in [6.45, 7) is 5.83. The van der Waals surface area contributed by atoms with Gasteiger partial charge < -0.3 is 33.9 Å². The van der Waals surface area contributed by atoms with E-state index in [2.05, 4.69) is 0 Å². The molecule has 0 saturated heterocycles. The van der Waals surface area contributed by atoms with Gasteiger partial charge >= 0.3 is 0 Å². The number of aromatic hydroxyl groups is 1. The zero-order chi connectivity index (χ0) is 20.1. The average molecular weight is 380 g/mol. The number of ether oxygens (including phenoxy) is 5. The summed E-state index contributed by atoms with van der Waals surface area (Å²) < 4.78 is 27.2. The molecule has 2 N–H and O–H groups in total. The van der Waals surface area contributed by atoms with E-state index in [4.69, 9.17) is 23.7 Å². The first-order chi connectivity index (χ1) is 12.9. The highest BCUT2D eigenvalue weighted by molar-refractivity contribution is 6.00. The number of phenols is 1. The van der Waals surface area contributed by atoms with Crippen LogP contribution in [0.5, 0.6) is 23.0 Å². The molecule has 0 fully saturated rings.